The van der Waals surface area contributed by atoms with Crippen LogP contribution in [0.1, 0.15) is 17.2 Å². The van der Waals surface area contributed by atoms with Crippen molar-refractivity contribution in [1.82, 2.24) is 5.32 Å². The number of aliphatic hydroxyl groups is 1. The minimum Gasteiger partial charge on any atom is -0.445 e. The molecule has 2 N–H and O–H groups in total. The lowest BCUT2D eigenvalue weighted by atomic mass is 10.1. The van der Waals surface area contributed by atoms with E-state index < -0.39 is 12.2 Å². The predicted octanol–water partition coefficient (Wildman–Crippen LogP) is 3.95. The number of aliphatic hydroxyl groups excluding tert-OH is 1. The number of benzene rings is 2. The number of hydrogen-bond donors (Lipinski definition) is 2. The molecule has 6 heteroatoms. The summed E-state index contributed by atoms with van der Waals surface area (Å²) in [5, 5.41) is 13.2. The highest BCUT2D eigenvalue weighted by molar-refractivity contribution is 6.36. The van der Waals surface area contributed by atoms with E-state index in [9.17, 15) is 9.90 Å². The maximum Gasteiger partial charge on any atom is 0.407 e. The van der Waals surface area contributed by atoms with Gasteiger partial charge in [0, 0.05) is 15.6 Å². The predicted molar refractivity (Wildman–Crippen MR) is 86.1 cm³/mol. The largest absolute Gasteiger partial charge is 0.445 e. The van der Waals surface area contributed by atoms with Crippen LogP contribution in [0.5, 0.6) is 0 Å². The molecule has 0 radical (unpaired) electrons. The second-order valence-electron chi connectivity index (χ2n) is 4.59. The van der Waals surface area contributed by atoms with E-state index in [2.05, 4.69) is 5.32 Å². The Morgan fingerprint density at radius 1 is 1.09 bits per heavy atom. The van der Waals surface area contributed by atoms with Gasteiger partial charge in [-0.25, -0.2) is 4.79 Å². The van der Waals surface area contributed by atoms with Crippen LogP contribution in [0.25, 0.3) is 0 Å². The highest BCUT2D eigenvalue weighted by Crippen LogP contribution is 2.29. The van der Waals surface area contributed by atoms with Gasteiger partial charge in [-0.2, -0.15) is 0 Å². The van der Waals surface area contributed by atoms with Gasteiger partial charge in [-0.15, -0.1) is 0 Å². The molecule has 22 heavy (non-hydrogen) atoms. The number of nitrogens with one attached hydrogen (secondary N) is 1. The van der Waals surface area contributed by atoms with Crippen molar-refractivity contribution in [3.63, 3.8) is 0 Å². The molecule has 2 aromatic rings. The van der Waals surface area contributed by atoms with Crippen molar-refractivity contribution in [1.29, 1.82) is 0 Å². The third-order valence-electron chi connectivity index (χ3n) is 2.99. The summed E-state index contributed by atoms with van der Waals surface area (Å²) in [6.45, 7) is 0.118. The summed E-state index contributed by atoms with van der Waals surface area (Å²) in [7, 11) is 0. The Kier molecular flexibility index (Phi) is 6.07. The van der Waals surface area contributed by atoms with Gasteiger partial charge in [0.2, 0.25) is 0 Å². The van der Waals surface area contributed by atoms with E-state index in [0.29, 0.717) is 15.6 Å². The van der Waals surface area contributed by atoms with Crippen molar-refractivity contribution >= 4 is 29.3 Å². The molecule has 2 aromatic carbocycles. The number of carbonyl (C=O) groups excluding carboxylic acids is 1. The first-order valence-electron chi connectivity index (χ1n) is 6.64. The molecule has 0 fully saturated rings. The molecule has 0 saturated carbocycles. The molecular weight excluding hydrogens is 325 g/mol. The SMILES string of the molecule is O=C(NCC(O)c1c(Cl)cccc1Cl)OCc1ccccc1. The fraction of sp³-hybridized carbons (Fsp3) is 0.188. The molecule has 4 nitrogen and oxygen atoms in total. The molecule has 2 rings (SSSR count). The highest BCUT2D eigenvalue weighted by Gasteiger charge is 2.16. The maximum absolute atomic E-state index is 11.6. The van der Waals surface area contributed by atoms with Crippen LogP contribution in [-0.2, 0) is 11.3 Å². The average Bonchev–Trinajstić information content (AvgIpc) is 2.52. The third-order valence-corrected chi connectivity index (χ3v) is 3.64. The first-order chi connectivity index (χ1) is 10.6. The Bertz CT molecular complexity index is 614. The molecule has 0 spiro atoms. The zero-order valence-electron chi connectivity index (χ0n) is 11.6. The van der Waals surface area contributed by atoms with E-state index in [1.54, 1.807) is 18.2 Å². The van der Waals surface area contributed by atoms with Gasteiger partial charge in [-0.1, -0.05) is 59.6 Å². The van der Waals surface area contributed by atoms with Gasteiger partial charge in [0.05, 0.1) is 12.6 Å². The molecule has 0 bridgehead atoms. The van der Waals surface area contributed by atoms with Crippen LogP contribution in [0.15, 0.2) is 48.5 Å². The first-order valence-corrected chi connectivity index (χ1v) is 7.40. The molecule has 1 amide bonds. The summed E-state index contributed by atoms with van der Waals surface area (Å²) in [5.74, 6) is 0. The van der Waals surface area contributed by atoms with Crippen molar-refractivity contribution in [2.45, 2.75) is 12.7 Å². The van der Waals surface area contributed by atoms with Crippen LogP contribution < -0.4 is 5.32 Å². The maximum atomic E-state index is 11.6. The molecule has 0 saturated heterocycles. The van der Waals surface area contributed by atoms with Crippen molar-refractivity contribution < 1.29 is 14.6 Å². The van der Waals surface area contributed by atoms with Gasteiger partial charge in [0.15, 0.2) is 0 Å². The number of ether oxygens (including phenoxy) is 1. The van der Waals surface area contributed by atoms with E-state index >= 15 is 0 Å². The standard InChI is InChI=1S/C16H15Cl2NO3/c17-12-7-4-8-13(18)15(12)14(20)9-19-16(21)22-10-11-5-2-1-3-6-11/h1-8,14,20H,9-10H2,(H,19,21). The van der Waals surface area contributed by atoms with Gasteiger partial charge in [-0.05, 0) is 17.7 Å². The topological polar surface area (TPSA) is 58.6 Å². The van der Waals surface area contributed by atoms with Crippen LogP contribution in [0.3, 0.4) is 0 Å². The number of carbonyl (C=O) groups is 1. The van der Waals surface area contributed by atoms with Crippen molar-refractivity contribution in [3.8, 4) is 0 Å². The van der Waals surface area contributed by atoms with Crippen molar-refractivity contribution in [2.24, 2.45) is 0 Å². The van der Waals surface area contributed by atoms with Crippen LogP contribution in [0.4, 0.5) is 4.79 Å². The Labute approximate surface area is 138 Å². The van der Waals surface area contributed by atoms with E-state index in [1.165, 1.54) is 0 Å². The minimum absolute atomic E-state index is 0.0446. The highest BCUT2D eigenvalue weighted by atomic mass is 35.5. The molecule has 0 heterocycles. The summed E-state index contributed by atoms with van der Waals surface area (Å²) in [6.07, 6.45) is -1.63. The second kappa shape index (κ2) is 8.03. The second-order valence-corrected chi connectivity index (χ2v) is 5.41. The molecule has 0 aliphatic rings. The number of rotatable bonds is 5. The summed E-state index contributed by atoms with van der Waals surface area (Å²) in [5.41, 5.74) is 1.27. The lowest BCUT2D eigenvalue weighted by Gasteiger charge is -2.15. The summed E-state index contributed by atoms with van der Waals surface area (Å²) in [6, 6.07) is 14.2. The van der Waals surface area contributed by atoms with Crippen LogP contribution in [0, 0.1) is 0 Å². The fourth-order valence-electron chi connectivity index (χ4n) is 1.89. The Morgan fingerprint density at radius 2 is 1.73 bits per heavy atom. The molecule has 116 valence electrons. The number of amides is 1. The molecular formula is C16H15Cl2NO3. The van der Waals surface area contributed by atoms with E-state index in [-0.39, 0.29) is 13.2 Å². The average molecular weight is 340 g/mol. The van der Waals surface area contributed by atoms with Crippen molar-refractivity contribution in [2.75, 3.05) is 6.54 Å². The first kappa shape index (κ1) is 16.6. The number of hydrogen-bond acceptors (Lipinski definition) is 3. The van der Waals surface area contributed by atoms with Gasteiger partial charge < -0.3 is 15.2 Å². The van der Waals surface area contributed by atoms with Gasteiger partial charge in [0.1, 0.15) is 6.61 Å². The van der Waals surface area contributed by atoms with Crippen LogP contribution in [-0.4, -0.2) is 17.7 Å². The normalized spacial score (nSPS) is 11.8. The fourth-order valence-corrected chi connectivity index (χ4v) is 2.53. The number of halogens is 2. The zero-order chi connectivity index (χ0) is 15.9. The van der Waals surface area contributed by atoms with E-state index in [4.69, 9.17) is 27.9 Å². The van der Waals surface area contributed by atoms with Crippen LogP contribution >= 0.6 is 23.2 Å². The molecule has 0 aliphatic heterocycles. The zero-order valence-corrected chi connectivity index (χ0v) is 13.1. The van der Waals surface area contributed by atoms with Gasteiger partial charge in [0.25, 0.3) is 0 Å². The van der Waals surface area contributed by atoms with E-state index in [0.717, 1.165) is 5.56 Å². The van der Waals surface area contributed by atoms with Crippen LogP contribution in [0.2, 0.25) is 10.0 Å². The van der Waals surface area contributed by atoms with Crippen molar-refractivity contribution in [3.05, 3.63) is 69.7 Å². The van der Waals surface area contributed by atoms with Gasteiger partial charge in [-0.3, -0.25) is 0 Å². The quantitative estimate of drug-likeness (QED) is 0.866. The summed E-state index contributed by atoms with van der Waals surface area (Å²) >= 11 is 12.0. The summed E-state index contributed by atoms with van der Waals surface area (Å²) < 4.78 is 5.05. The Hall–Kier alpha value is -1.75. The Balaban J connectivity index is 1.83. The molecule has 0 aliphatic carbocycles. The molecule has 1 unspecified atom stereocenters. The molecule has 1 atom stereocenters. The third kappa shape index (κ3) is 4.63. The summed E-state index contributed by atoms with van der Waals surface area (Å²) in [4.78, 5) is 11.6. The van der Waals surface area contributed by atoms with Gasteiger partial charge >= 0.3 is 6.09 Å². The Morgan fingerprint density at radius 3 is 2.36 bits per heavy atom. The lowest BCUT2D eigenvalue weighted by molar-refractivity contribution is 0.126. The molecule has 0 aromatic heterocycles. The smallest absolute Gasteiger partial charge is 0.407 e. The number of alkyl carbamates (subject to hydrolysis) is 1. The van der Waals surface area contributed by atoms with E-state index in [1.807, 2.05) is 30.3 Å². The lowest BCUT2D eigenvalue weighted by Crippen LogP contribution is -2.29. The minimum atomic E-state index is -1.01. The monoisotopic (exact) mass is 339 g/mol.